The summed E-state index contributed by atoms with van der Waals surface area (Å²) in [4.78, 5) is 49.4. The number of hydrogen-bond acceptors (Lipinski definition) is 6. The van der Waals surface area contributed by atoms with E-state index in [4.69, 9.17) is 4.74 Å². The van der Waals surface area contributed by atoms with Gasteiger partial charge in [-0.25, -0.2) is 0 Å². The van der Waals surface area contributed by atoms with Crippen molar-refractivity contribution in [2.45, 2.75) is 45.9 Å². The van der Waals surface area contributed by atoms with E-state index in [1.165, 1.54) is 4.90 Å². The Morgan fingerprint density at radius 2 is 1.91 bits per heavy atom. The molecule has 9 heteroatoms. The normalized spacial score (nSPS) is 17.9. The van der Waals surface area contributed by atoms with Crippen LogP contribution < -0.4 is 15.4 Å². The lowest BCUT2D eigenvalue weighted by Crippen LogP contribution is -2.52. The average molecular weight is 466 g/mol. The van der Waals surface area contributed by atoms with Gasteiger partial charge in [-0.2, -0.15) is 0 Å². The second-order valence-electron chi connectivity index (χ2n) is 9.21. The average Bonchev–Trinajstić information content (AvgIpc) is 3.14. The van der Waals surface area contributed by atoms with Gasteiger partial charge in [-0.15, -0.1) is 0 Å². The van der Waals surface area contributed by atoms with Crippen LogP contribution in [0.5, 0.6) is 5.75 Å². The van der Waals surface area contributed by atoms with Crippen LogP contribution in [0.25, 0.3) is 0 Å². The zero-order valence-electron chi connectivity index (χ0n) is 19.1. The minimum atomic E-state index is -0.880. The van der Waals surface area contributed by atoms with Gasteiger partial charge in [-0.1, -0.05) is 18.2 Å². The summed E-state index contributed by atoms with van der Waals surface area (Å²) in [6.45, 7) is 4.15. The SMILES string of the molecule is CC(C)(CNc1ccc(COc2cccc3c2CN(C2CCC(=O)NC2=O)C3=O)cc1)C(=O)O. The molecular weight excluding hydrogens is 438 g/mol. The third-order valence-electron chi connectivity index (χ3n) is 6.20. The van der Waals surface area contributed by atoms with Gasteiger partial charge >= 0.3 is 5.97 Å². The molecule has 2 aliphatic heterocycles. The number of imide groups is 1. The van der Waals surface area contributed by atoms with Gasteiger partial charge in [0.05, 0.1) is 12.0 Å². The topological polar surface area (TPSA) is 125 Å². The van der Waals surface area contributed by atoms with Crippen LogP contribution in [-0.2, 0) is 27.5 Å². The molecule has 2 heterocycles. The smallest absolute Gasteiger partial charge is 0.310 e. The summed E-state index contributed by atoms with van der Waals surface area (Å²) in [5.41, 5.74) is 2.07. The van der Waals surface area contributed by atoms with Crippen LogP contribution in [0.4, 0.5) is 5.69 Å². The predicted octanol–water partition coefficient (Wildman–Crippen LogP) is 2.55. The molecular formula is C25H27N3O6. The van der Waals surface area contributed by atoms with Gasteiger partial charge in [0.2, 0.25) is 11.8 Å². The highest BCUT2D eigenvalue weighted by Gasteiger charge is 2.40. The van der Waals surface area contributed by atoms with E-state index in [1.54, 1.807) is 32.0 Å². The lowest BCUT2D eigenvalue weighted by Gasteiger charge is -2.29. The fraction of sp³-hybridized carbons (Fsp3) is 0.360. The highest BCUT2D eigenvalue weighted by Crippen LogP contribution is 2.34. The van der Waals surface area contributed by atoms with E-state index in [2.05, 4.69) is 10.6 Å². The van der Waals surface area contributed by atoms with Crippen molar-refractivity contribution in [3.63, 3.8) is 0 Å². The third kappa shape index (κ3) is 4.73. The Kier molecular flexibility index (Phi) is 6.28. The van der Waals surface area contributed by atoms with Gasteiger partial charge in [-0.3, -0.25) is 24.5 Å². The van der Waals surface area contributed by atoms with E-state index in [-0.39, 0.29) is 31.4 Å². The Bertz CT molecular complexity index is 1140. The first-order valence-electron chi connectivity index (χ1n) is 11.1. The van der Waals surface area contributed by atoms with Crippen molar-refractivity contribution in [1.82, 2.24) is 10.2 Å². The Balaban J connectivity index is 1.40. The van der Waals surface area contributed by atoms with E-state index in [9.17, 15) is 24.3 Å². The number of nitrogens with one attached hydrogen (secondary N) is 2. The zero-order chi connectivity index (χ0) is 24.5. The number of carbonyl (C=O) groups excluding carboxylic acids is 3. The van der Waals surface area contributed by atoms with Crippen LogP contribution >= 0.6 is 0 Å². The molecule has 3 amide bonds. The number of fused-ring (bicyclic) bond motifs is 1. The standard InChI is InChI=1S/C25H27N3O6/c1-25(2,24(32)33)14-26-16-8-6-15(7-9-16)13-34-20-5-3-4-17-18(20)12-28(23(17)31)19-10-11-21(29)27-22(19)30/h3-9,19,26H,10-14H2,1-2H3,(H,32,33)(H,27,29,30). The number of carboxylic acids is 1. The first-order chi connectivity index (χ1) is 16.2. The highest BCUT2D eigenvalue weighted by molar-refractivity contribution is 6.05. The van der Waals surface area contributed by atoms with Crippen molar-refractivity contribution in [3.8, 4) is 5.75 Å². The largest absolute Gasteiger partial charge is 0.489 e. The molecule has 3 N–H and O–H groups in total. The summed E-state index contributed by atoms with van der Waals surface area (Å²) >= 11 is 0. The number of aliphatic carboxylic acids is 1. The lowest BCUT2D eigenvalue weighted by molar-refractivity contribution is -0.146. The monoisotopic (exact) mass is 465 g/mol. The van der Waals surface area contributed by atoms with Crippen LogP contribution in [0.3, 0.4) is 0 Å². The van der Waals surface area contributed by atoms with Crippen molar-refractivity contribution in [1.29, 1.82) is 0 Å². The number of carboxylic acid groups (broad SMARTS) is 1. The first kappa shape index (κ1) is 23.3. The molecule has 0 aromatic heterocycles. The van der Waals surface area contributed by atoms with E-state index >= 15 is 0 Å². The summed E-state index contributed by atoms with van der Waals surface area (Å²) in [5, 5.41) is 14.7. The minimum absolute atomic E-state index is 0.207. The van der Waals surface area contributed by atoms with Gasteiger partial charge in [0.25, 0.3) is 5.91 Å². The first-order valence-corrected chi connectivity index (χ1v) is 11.1. The van der Waals surface area contributed by atoms with E-state index in [0.717, 1.165) is 16.8 Å². The minimum Gasteiger partial charge on any atom is -0.489 e. The lowest BCUT2D eigenvalue weighted by atomic mass is 9.94. The number of nitrogens with zero attached hydrogens (tertiary/aromatic N) is 1. The highest BCUT2D eigenvalue weighted by atomic mass is 16.5. The predicted molar refractivity (Wildman–Crippen MR) is 123 cm³/mol. The molecule has 9 nitrogen and oxygen atoms in total. The van der Waals surface area contributed by atoms with Gasteiger partial charge < -0.3 is 20.1 Å². The quantitative estimate of drug-likeness (QED) is 0.512. The van der Waals surface area contributed by atoms with Crippen LogP contribution in [0, 0.1) is 5.41 Å². The van der Waals surface area contributed by atoms with Crippen LogP contribution in [0.2, 0.25) is 0 Å². The van der Waals surface area contributed by atoms with Crippen molar-refractivity contribution in [2.75, 3.05) is 11.9 Å². The number of anilines is 1. The number of ether oxygens (including phenoxy) is 1. The second kappa shape index (κ2) is 9.17. The number of benzene rings is 2. The van der Waals surface area contributed by atoms with Crippen LogP contribution in [-0.4, -0.2) is 46.3 Å². The second-order valence-corrected chi connectivity index (χ2v) is 9.21. The fourth-order valence-corrected chi connectivity index (χ4v) is 3.97. The number of amides is 3. The molecule has 1 fully saturated rings. The molecule has 1 unspecified atom stereocenters. The van der Waals surface area contributed by atoms with Gasteiger partial charge in [0, 0.05) is 29.8 Å². The molecule has 0 saturated carbocycles. The molecule has 4 rings (SSSR count). The molecule has 2 aromatic rings. The van der Waals surface area contributed by atoms with E-state index in [0.29, 0.717) is 24.3 Å². The molecule has 1 saturated heterocycles. The van der Waals surface area contributed by atoms with Gasteiger partial charge in [-0.05, 0) is 50.1 Å². The molecule has 178 valence electrons. The molecule has 0 spiro atoms. The van der Waals surface area contributed by atoms with Crippen molar-refractivity contribution < 1.29 is 29.0 Å². The summed E-state index contributed by atoms with van der Waals surface area (Å²) in [6.07, 6.45) is 0.517. The van der Waals surface area contributed by atoms with E-state index in [1.807, 2.05) is 24.3 Å². The van der Waals surface area contributed by atoms with Crippen LogP contribution in [0.15, 0.2) is 42.5 Å². The number of piperidine rings is 1. The van der Waals surface area contributed by atoms with Crippen molar-refractivity contribution in [3.05, 3.63) is 59.2 Å². The third-order valence-corrected chi connectivity index (χ3v) is 6.20. The van der Waals surface area contributed by atoms with Gasteiger partial charge in [0.1, 0.15) is 18.4 Å². The van der Waals surface area contributed by atoms with Crippen molar-refractivity contribution >= 4 is 29.4 Å². The molecule has 0 radical (unpaired) electrons. The summed E-state index contributed by atoms with van der Waals surface area (Å²) in [5.74, 6) is -1.29. The fourth-order valence-electron chi connectivity index (χ4n) is 3.97. The molecule has 1 atom stereocenters. The maximum atomic E-state index is 12.9. The maximum absolute atomic E-state index is 12.9. The number of carbonyl (C=O) groups is 4. The summed E-state index contributed by atoms with van der Waals surface area (Å²) < 4.78 is 6.02. The summed E-state index contributed by atoms with van der Waals surface area (Å²) in [7, 11) is 0. The molecule has 0 bridgehead atoms. The Hall–Kier alpha value is -3.88. The van der Waals surface area contributed by atoms with E-state index < -0.39 is 23.3 Å². The Labute approximate surface area is 197 Å². The Morgan fingerprint density at radius 1 is 1.18 bits per heavy atom. The number of hydrogen-bond donors (Lipinski definition) is 3. The van der Waals surface area contributed by atoms with Crippen LogP contribution in [0.1, 0.15) is 48.2 Å². The molecule has 2 aromatic carbocycles. The summed E-state index contributed by atoms with van der Waals surface area (Å²) in [6, 6.07) is 12.1. The van der Waals surface area contributed by atoms with Crippen molar-refractivity contribution in [2.24, 2.45) is 5.41 Å². The molecule has 34 heavy (non-hydrogen) atoms. The molecule has 0 aliphatic carbocycles. The van der Waals surface area contributed by atoms with Gasteiger partial charge in [0.15, 0.2) is 0 Å². The maximum Gasteiger partial charge on any atom is 0.310 e. The number of rotatable bonds is 8. The molecule has 2 aliphatic rings. The zero-order valence-corrected chi connectivity index (χ0v) is 19.1. The Morgan fingerprint density at radius 3 is 2.59 bits per heavy atom.